The average Bonchev–Trinajstić information content (AvgIpc) is 2.51. The van der Waals surface area contributed by atoms with E-state index in [0.29, 0.717) is 5.78 Å². The third-order valence-electron chi connectivity index (χ3n) is 4.15. The summed E-state index contributed by atoms with van der Waals surface area (Å²) >= 11 is 0. The minimum Gasteiger partial charge on any atom is -0.356 e. The SMILES string of the molecule is O=C1CCCCC1Cc1cccc(Nc2ccccc2)c1. The van der Waals surface area contributed by atoms with Crippen LogP contribution in [0.5, 0.6) is 0 Å². The van der Waals surface area contributed by atoms with Gasteiger partial charge < -0.3 is 5.32 Å². The van der Waals surface area contributed by atoms with Crippen molar-refractivity contribution in [1.82, 2.24) is 0 Å². The summed E-state index contributed by atoms with van der Waals surface area (Å²) in [4.78, 5) is 12.0. The van der Waals surface area contributed by atoms with Crippen LogP contribution in [0.2, 0.25) is 0 Å². The van der Waals surface area contributed by atoms with Crippen molar-refractivity contribution in [1.29, 1.82) is 0 Å². The van der Waals surface area contributed by atoms with Gasteiger partial charge in [-0.1, -0.05) is 36.8 Å². The Morgan fingerprint density at radius 1 is 0.952 bits per heavy atom. The van der Waals surface area contributed by atoms with Gasteiger partial charge in [-0.2, -0.15) is 0 Å². The number of anilines is 2. The Morgan fingerprint density at radius 3 is 2.57 bits per heavy atom. The van der Waals surface area contributed by atoms with Gasteiger partial charge in [-0.15, -0.1) is 0 Å². The second-order valence-corrected chi connectivity index (χ2v) is 5.80. The summed E-state index contributed by atoms with van der Waals surface area (Å²) < 4.78 is 0. The standard InChI is InChI=1S/C19H21NO/c21-19-12-5-4-8-16(19)13-15-7-6-11-18(14-15)20-17-9-2-1-3-10-17/h1-3,6-7,9-11,14,16,20H,4-5,8,12-13H2. The highest BCUT2D eigenvalue weighted by molar-refractivity contribution is 5.82. The van der Waals surface area contributed by atoms with E-state index in [4.69, 9.17) is 0 Å². The Kier molecular flexibility index (Phi) is 4.34. The van der Waals surface area contributed by atoms with Crippen molar-refractivity contribution < 1.29 is 4.79 Å². The predicted molar refractivity (Wildman–Crippen MR) is 86.8 cm³/mol. The smallest absolute Gasteiger partial charge is 0.136 e. The minimum atomic E-state index is 0.228. The number of Topliss-reactive ketones (excluding diaryl/α,β-unsaturated/α-hetero) is 1. The van der Waals surface area contributed by atoms with Gasteiger partial charge in [0.05, 0.1) is 0 Å². The van der Waals surface area contributed by atoms with E-state index in [1.165, 1.54) is 12.0 Å². The maximum Gasteiger partial charge on any atom is 0.136 e. The van der Waals surface area contributed by atoms with Gasteiger partial charge in [0, 0.05) is 23.7 Å². The molecule has 108 valence electrons. The second kappa shape index (κ2) is 6.57. The van der Waals surface area contributed by atoms with Gasteiger partial charge in [-0.05, 0) is 49.1 Å². The zero-order chi connectivity index (χ0) is 14.5. The Hall–Kier alpha value is -2.09. The molecule has 1 N–H and O–H groups in total. The molecule has 1 fully saturated rings. The topological polar surface area (TPSA) is 29.1 Å². The molecule has 2 aromatic carbocycles. The zero-order valence-corrected chi connectivity index (χ0v) is 12.2. The summed E-state index contributed by atoms with van der Waals surface area (Å²) in [5, 5.41) is 3.41. The average molecular weight is 279 g/mol. The van der Waals surface area contributed by atoms with Crippen LogP contribution in [-0.4, -0.2) is 5.78 Å². The molecular formula is C19H21NO. The summed E-state index contributed by atoms with van der Waals surface area (Å²) in [6, 6.07) is 18.6. The Morgan fingerprint density at radius 2 is 1.76 bits per heavy atom. The molecular weight excluding hydrogens is 258 g/mol. The maximum absolute atomic E-state index is 12.0. The first-order valence-electron chi connectivity index (χ1n) is 7.75. The molecule has 2 aromatic rings. The van der Waals surface area contributed by atoms with Gasteiger partial charge in [-0.25, -0.2) is 0 Å². The number of carbonyl (C=O) groups excluding carboxylic acids is 1. The summed E-state index contributed by atoms with van der Waals surface area (Å²) in [6.07, 6.45) is 4.97. The molecule has 0 amide bonds. The molecule has 0 spiro atoms. The highest BCUT2D eigenvalue weighted by Gasteiger charge is 2.22. The number of hydrogen-bond acceptors (Lipinski definition) is 2. The highest BCUT2D eigenvalue weighted by Crippen LogP contribution is 2.25. The highest BCUT2D eigenvalue weighted by atomic mass is 16.1. The molecule has 0 aliphatic heterocycles. The van der Waals surface area contributed by atoms with E-state index in [1.807, 2.05) is 18.2 Å². The number of hydrogen-bond donors (Lipinski definition) is 1. The van der Waals surface area contributed by atoms with Crippen molar-refractivity contribution in [2.24, 2.45) is 5.92 Å². The van der Waals surface area contributed by atoms with E-state index in [9.17, 15) is 4.79 Å². The summed E-state index contributed by atoms with van der Waals surface area (Å²) in [6.45, 7) is 0. The molecule has 1 saturated carbocycles. The lowest BCUT2D eigenvalue weighted by molar-refractivity contribution is -0.124. The third-order valence-corrected chi connectivity index (χ3v) is 4.15. The van der Waals surface area contributed by atoms with Crippen LogP contribution in [0, 0.1) is 5.92 Å². The van der Waals surface area contributed by atoms with E-state index >= 15 is 0 Å². The van der Waals surface area contributed by atoms with E-state index in [-0.39, 0.29) is 5.92 Å². The number of para-hydroxylation sites is 1. The lowest BCUT2D eigenvalue weighted by atomic mass is 9.84. The second-order valence-electron chi connectivity index (χ2n) is 5.80. The van der Waals surface area contributed by atoms with Crippen molar-refractivity contribution in [2.45, 2.75) is 32.1 Å². The molecule has 21 heavy (non-hydrogen) atoms. The number of ketones is 1. The van der Waals surface area contributed by atoms with Crippen LogP contribution in [0.3, 0.4) is 0 Å². The molecule has 0 bridgehead atoms. The fourth-order valence-corrected chi connectivity index (χ4v) is 3.02. The van der Waals surface area contributed by atoms with Crippen molar-refractivity contribution in [3.05, 3.63) is 60.2 Å². The van der Waals surface area contributed by atoms with E-state index in [1.54, 1.807) is 0 Å². The van der Waals surface area contributed by atoms with Crippen molar-refractivity contribution in [3.63, 3.8) is 0 Å². The number of benzene rings is 2. The van der Waals surface area contributed by atoms with Crippen LogP contribution in [0.1, 0.15) is 31.2 Å². The number of carbonyl (C=O) groups is 1. The lowest BCUT2D eigenvalue weighted by Gasteiger charge is -2.20. The van der Waals surface area contributed by atoms with Crippen molar-refractivity contribution in [2.75, 3.05) is 5.32 Å². The molecule has 2 heteroatoms. The van der Waals surface area contributed by atoms with E-state index < -0.39 is 0 Å². The first kappa shape index (κ1) is 13.9. The Labute approximate surface area is 126 Å². The molecule has 1 atom stereocenters. The van der Waals surface area contributed by atoms with Crippen LogP contribution in [0.4, 0.5) is 11.4 Å². The normalized spacial score (nSPS) is 18.5. The van der Waals surface area contributed by atoms with Gasteiger partial charge in [0.15, 0.2) is 0 Å². The van der Waals surface area contributed by atoms with E-state index in [2.05, 4.69) is 41.7 Å². The summed E-state index contributed by atoms with van der Waals surface area (Å²) in [5.74, 6) is 0.674. The first-order chi connectivity index (χ1) is 10.3. The Bertz CT molecular complexity index is 606. The van der Waals surface area contributed by atoms with Crippen molar-refractivity contribution in [3.8, 4) is 0 Å². The van der Waals surface area contributed by atoms with Crippen LogP contribution in [-0.2, 0) is 11.2 Å². The molecule has 0 aromatic heterocycles. The molecule has 0 radical (unpaired) electrons. The maximum atomic E-state index is 12.0. The molecule has 1 aliphatic rings. The van der Waals surface area contributed by atoms with Crippen molar-refractivity contribution >= 4 is 17.2 Å². The predicted octanol–water partition coefficient (Wildman–Crippen LogP) is 4.73. The number of nitrogens with one attached hydrogen (secondary N) is 1. The molecule has 0 heterocycles. The third kappa shape index (κ3) is 3.72. The largest absolute Gasteiger partial charge is 0.356 e. The Balaban J connectivity index is 1.69. The molecule has 3 rings (SSSR count). The van der Waals surface area contributed by atoms with Crippen LogP contribution >= 0.6 is 0 Å². The quantitative estimate of drug-likeness (QED) is 0.876. The van der Waals surface area contributed by atoms with Gasteiger partial charge in [-0.3, -0.25) is 4.79 Å². The number of rotatable bonds is 4. The fourth-order valence-electron chi connectivity index (χ4n) is 3.02. The molecule has 2 nitrogen and oxygen atoms in total. The minimum absolute atomic E-state index is 0.228. The van der Waals surface area contributed by atoms with Gasteiger partial charge in [0.25, 0.3) is 0 Å². The van der Waals surface area contributed by atoms with Gasteiger partial charge in [0.1, 0.15) is 5.78 Å². The van der Waals surface area contributed by atoms with Crippen LogP contribution in [0.15, 0.2) is 54.6 Å². The van der Waals surface area contributed by atoms with Crippen LogP contribution < -0.4 is 5.32 Å². The molecule has 1 aliphatic carbocycles. The first-order valence-corrected chi connectivity index (χ1v) is 7.75. The molecule has 0 saturated heterocycles. The van der Waals surface area contributed by atoms with Gasteiger partial charge in [0.2, 0.25) is 0 Å². The van der Waals surface area contributed by atoms with Gasteiger partial charge >= 0.3 is 0 Å². The van der Waals surface area contributed by atoms with Crippen LogP contribution in [0.25, 0.3) is 0 Å². The fraction of sp³-hybridized carbons (Fsp3) is 0.316. The molecule has 1 unspecified atom stereocenters. The summed E-state index contributed by atoms with van der Waals surface area (Å²) in [7, 11) is 0. The monoisotopic (exact) mass is 279 g/mol. The summed E-state index contributed by atoms with van der Waals surface area (Å²) in [5.41, 5.74) is 3.42. The van der Waals surface area contributed by atoms with E-state index in [0.717, 1.165) is 37.1 Å². The zero-order valence-electron chi connectivity index (χ0n) is 12.2. The lowest BCUT2D eigenvalue weighted by Crippen LogP contribution is -2.21.